The number of nitrogens with two attached hydrogens (primary N) is 1. The molecule has 0 radical (unpaired) electrons. The minimum Gasteiger partial charge on any atom is -0.399 e. The number of anilines is 1. The molecule has 0 atom stereocenters. The van der Waals surface area contributed by atoms with Crippen LogP contribution in [0.4, 0.5) is 5.69 Å². The SMILES string of the molecule is Nc1ccc(C2CC(=O)C2)cc1. The fourth-order valence-electron chi connectivity index (χ4n) is 1.49. The topological polar surface area (TPSA) is 43.1 Å². The van der Waals surface area contributed by atoms with E-state index in [1.807, 2.05) is 24.3 Å². The molecule has 0 bridgehead atoms. The first-order valence-electron chi connectivity index (χ1n) is 4.13. The van der Waals surface area contributed by atoms with Gasteiger partial charge in [-0.05, 0) is 23.6 Å². The predicted molar refractivity (Wildman–Crippen MR) is 47.8 cm³/mol. The molecule has 0 aliphatic heterocycles. The fraction of sp³-hybridized carbons (Fsp3) is 0.300. The van der Waals surface area contributed by atoms with Crippen LogP contribution in [0.25, 0.3) is 0 Å². The maximum Gasteiger partial charge on any atom is 0.134 e. The summed E-state index contributed by atoms with van der Waals surface area (Å²) in [4.78, 5) is 10.7. The average molecular weight is 161 g/mol. The first-order chi connectivity index (χ1) is 5.75. The first-order valence-corrected chi connectivity index (χ1v) is 4.13. The smallest absolute Gasteiger partial charge is 0.134 e. The maximum absolute atomic E-state index is 10.7. The largest absolute Gasteiger partial charge is 0.399 e. The van der Waals surface area contributed by atoms with Crippen molar-refractivity contribution in [2.45, 2.75) is 18.8 Å². The molecule has 1 aliphatic carbocycles. The third-order valence-corrected chi connectivity index (χ3v) is 2.36. The third-order valence-electron chi connectivity index (χ3n) is 2.36. The maximum atomic E-state index is 10.7. The highest BCUT2D eigenvalue weighted by molar-refractivity contribution is 5.86. The summed E-state index contributed by atoms with van der Waals surface area (Å²) in [5.41, 5.74) is 7.57. The summed E-state index contributed by atoms with van der Waals surface area (Å²) in [5.74, 6) is 0.829. The summed E-state index contributed by atoms with van der Waals surface area (Å²) in [5, 5.41) is 0. The zero-order chi connectivity index (χ0) is 8.55. The van der Waals surface area contributed by atoms with Gasteiger partial charge in [-0.3, -0.25) is 4.79 Å². The molecule has 2 heteroatoms. The Kier molecular flexibility index (Phi) is 1.61. The molecular weight excluding hydrogens is 150 g/mol. The van der Waals surface area contributed by atoms with Crippen LogP contribution in [-0.2, 0) is 4.79 Å². The number of hydrogen-bond donors (Lipinski definition) is 1. The Bertz CT molecular complexity index is 294. The fourth-order valence-corrected chi connectivity index (χ4v) is 1.49. The Hall–Kier alpha value is -1.31. The van der Waals surface area contributed by atoms with Gasteiger partial charge in [0.25, 0.3) is 0 Å². The Morgan fingerprint density at radius 1 is 1.17 bits per heavy atom. The van der Waals surface area contributed by atoms with Gasteiger partial charge in [0, 0.05) is 18.5 Å². The molecule has 2 N–H and O–H groups in total. The lowest BCUT2D eigenvalue weighted by atomic mass is 9.79. The Labute approximate surface area is 71.4 Å². The minimum atomic E-state index is 0.372. The standard InChI is InChI=1S/C10H11NO/c11-9-3-1-7(2-4-9)8-5-10(12)6-8/h1-4,8H,5-6,11H2. The van der Waals surface area contributed by atoms with Gasteiger partial charge in [-0.15, -0.1) is 0 Å². The molecule has 62 valence electrons. The quantitative estimate of drug-likeness (QED) is 0.637. The van der Waals surface area contributed by atoms with Crippen molar-refractivity contribution in [1.82, 2.24) is 0 Å². The molecule has 0 amide bonds. The Morgan fingerprint density at radius 2 is 1.75 bits per heavy atom. The summed E-state index contributed by atoms with van der Waals surface area (Å²) < 4.78 is 0. The third kappa shape index (κ3) is 1.20. The van der Waals surface area contributed by atoms with Crippen LogP contribution in [0.2, 0.25) is 0 Å². The van der Waals surface area contributed by atoms with Crippen molar-refractivity contribution in [3.63, 3.8) is 0 Å². The molecule has 1 aliphatic rings. The average Bonchev–Trinajstić information content (AvgIpc) is 2.01. The summed E-state index contributed by atoms with van der Waals surface area (Å²) in [6.07, 6.45) is 1.42. The van der Waals surface area contributed by atoms with E-state index in [0.29, 0.717) is 24.5 Å². The van der Waals surface area contributed by atoms with Crippen molar-refractivity contribution in [2.24, 2.45) is 0 Å². The second-order valence-electron chi connectivity index (χ2n) is 3.31. The van der Waals surface area contributed by atoms with Gasteiger partial charge in [0.2, 0.25) is 0 Å². The molecule has 12 heavy (non-hydrogen) atoms. The van der Waals surface area contributed by atoms with Crippen LogP contribution < -0.4 is 5.73 Å². The van der Waals surface area contributed by atoms with Crippen molar-refractivity contribution >= 4 is 11.5 Å². The molecule has 0 spiro atoms. The first kappa shape index (κ1) is 7.35. The molecular formula is C10H11NO. The molecule has 1 saturated carbocycles. The van der Waals surface area contributed by atoms with E-state index < -0.39 is 0 Å². The highest BCUT2D eigenvalue weighted by Crippen LogP contribution is 2.33. The van der Waals surface area contributed by atoms with Crippen LogP contribution in [0.1, 0.15) is 24.3 Å². The van der Waals surface area contributed by atoms with Crippen LogP contribution >= 0.6 is 0 Å². The van der Waals surface area contributed by atoms with Gasteiger partial charge in [-0.25, -0.2) is 0 Å². The van der Waals surface area contributed by atoms with Crippen LogP contribution in [-0.4, -0.2) is 5.78 Å². The summed E-state index contributed by atoms with van der Waals surface area (Å²) in [6, 6.07) is 7.79. The number of hydrogen-bond acceptors (Lipinski definition) is 2. The Balaban J connectivity index is 2.14. The molecule has 0 unspecified atom stereocenters. The zero-order valence-electron chi connectivity index (χ0n) is 6.79. The second kappa shape index (κ2) is 2.63. The lowest BCUT2D eigenvalue weighted by Crippen LogP contribution is -2.20. The van der Waals surface area contributed by atoms with E-state index >= 15 is 0 Å². The number of carbonyl (C=O) groups excluding carboxylic acids is 1. The van der Waals surface area contributed by atoms with E-state index in [2.05, 4.69) is 0 Å². The van der Waals surface area contributed by atoms with Gasteiger partial charge >= 0.3 is 0 Å². The van der Waals surface area contributed by atoms with Gasteiger partial charge in [0.05, 0.1) is 0 Å². The van der Waals surface area contributed by atoms with Crippen molar-refractivity contribution in [1.29, 1.82) is 0 Å². The number of carbonyl (C=O) groups is 1. The van der Waals surface area contributed by atoms with Crippen LogP contribution in [0.5, 0.6) is 0 Å². The van der Waals surface area contributed by atoms with Gasteiger partial charge in [-0.2, -0.15) is 0 Å². The van der Waals surface area contributed by atoms with Gasteiger partial charge in [0.15, 0.2) is 0 Å². The summed E-state index contributed by atoms with van der Waals surface area (Å²) >= 11 is 0. The number of rotatable bonds is 1. The molecule has 1 fully saturated rings. The predicted octanol–water partition coefficient (Wildman–Crippen LogP) is 1.72. The molecule has 1 aromatic rings. The van der Waals surface area contributed by atoms with Crippen LogP contribution in [0, 0.1) is 0 Å². The van der Waals surface area contributed by atoms with Gasteiger partial charge in [-0.1, -0.05) is 12.1 Å². The minimum absolute atomic E-state index is 0.372. The highest BCUT2D eigenvalue weighted by Gasteiger charge is 2.27. The van der Waals surface area contributed by atoms with Gasteiger partial charge in [0.1, 0.15) is 5.78 Å². The lowest BCUT2D eigenvalue weighted by Gasteiger charge is -2.24. The lowest BCUT2D eigenvalue weighted by molar-refractivity contribution is -0.124. The Morgan fingerprint density at radius 3 is 2.25 bits per heavy atom. The van der Waals surface area contributed by atoms with Crippen molar-refractivity contribution in [3.05, 3.63) is 29.8 Å². The highest BCUT2D eigenvalue weighted by atomic mass is 16.1. The monoisotopic (exact) mass is 161 g/mol. The van der Waals surface area contributed by atoms with Crippen LogP contribution in [0.15, 0.2) is 24.3 Å². The van der Waals surface area contributed by atoms with Crippen LogP contribution in [0.3, 0.4) is 0 Å². The molecule has 0 aromatic heterocycles. The van der Waals surface area contributed by atoms with E-state index in [9.17, 15) is 4.79 Å². The molecule has 1 aromatic carbocycles. The van der Waals surface area contributed by atoms with Crippen molar-refractivity contribution in [2.75, 3.05) is 5.73 Å². The van der Waals surface area contributed by atoms with E-state index in [0.717, 1.165) is 5.69 Å². The number of ketones is 1. The summed E-state index contributed by atoms with van der Waals surface area (Å²) in [7, 11) is 0. The van der Waals surface area contributed by atoms with Crippen molar-refractivity contribution in [3.8, 4) is 0 Å². The second-order valence-corrected chi connectivity index (χ2v) is 3.31. The number of Topliss-reactive ketones (excluding diaryl/α,β-unsaturated/α-hetero) is 1. The molecule has 2 nitrogen and oxygen atoms in total. The van der Waals surface area contributed by atoms with E-state index in [-0.39, 0.29) is 0 Å². The number of benzene rings is 1. The van der Waals surface area contributed by atoms with E-state index in [4.69, 9.17) is 5.73 Å². The zero-order valence-corrected chi connectivity index (χ0v) is 6.79. The van der Waals surface area contributed by atoms with E-state index in [1.54, 1.807) is 0 Å². The molecule has 2 rings (SSSR count). The number of nitrogen functional groups attached to an aromatic ring is 1. The van der Waals surface area contributed by atoms with Crippen molar-refractivity contribution < 1.29 is 4.79 Å². The van der Waals surface area contributed by atoms with Gasteiger partial charge < -0.3 is 5.73 Å². The molecule has 0 heterocycles. The summed E-state index contributed by atoms with van der Waals surface area (Å²) in [6.45, 7) is 0. The molecule has 0 saturated heterocycles. The normalized spacial score (nSPS) is 17.5. The van der Waals surface area contributed by atoms with E-state index in [1.165, 1.54) is 5.56 Å².